The largest absolute Gasteiger partial charge is 0.499 e. The smallest absolute Gasteiger partial charge is 0.111 e. The third-order valence-electron chi connectivity index (χ3n) is 1.96. The fraction of sp³-hybridized carbons (Fsp3) is 0.778. The third kappa shape index (κ3) is 3.74. The number of nitrogens with one attached hydrogen (secondary N) is 1. The van der Waals surface area contributed by atoms with Gasteiger partial charge in [-0.15, -0.1) is 0 Å². The fourth-order valence-electron chi connectivity index (χ4n) is 1.31. The monoisotopic (exact) mass is 171 g/mol. The molecule has 1 N–H and O–H groups in total. The van der Waals surface area contributed by atoms with Crippen molar-refractivity contribution in [3.8, 4) is 0 Å². The molecule has 0 atom stereocenters. The number of piperidine rings is 1. The van der Waals surface area contributed by atoms with Crippen LogP contribution < -0.4 is 5.32 Å². The molecule has 0 aromatic rings. The molecule has 3 heteroatoms. The van der Waals surface area contributed by atoms with Crippen molar-refractivity contribution in [2.45, 2.75) is 18.9 Å². The average molecular weight is 171 g/mol. The molecule has 1 aliphatic heterocycles. The SMILES string of the molecule is C=COCCOC1CCNCC1. The lowest BCUT2D eigenvalue weighted by atomic mass is 10.1. The van der Waals surface area contributed by atoms with Gasteiger partial charge in [0, 0.05) is 0 Å². The van der Waals surface area contributed by atoms with E-state index in [1.165, 1.54) is 6.26 Å². The van der Waals surface area contributed by atoms with E-state index in [0.29, 0.717) is 19.3 Å². The van der Waals surface area contributed by atoms with Crippen LogP contribution in [0.4, 0.5) is 0 Å². The molecule has 0 unspecified atom stereocenters. The normalized spacial score (nSPS) is 19.0. The Balaban J connectivity index is 1.94. The lowest BCUT2D eigenvalue weighted by Gasteiger charge is -2.22. The molecule has 3 nitrogen and oxygen atoms in total. The highest BCUT2D eigenvalue weighted by Crippen LogP contribution is 2.06. The van der Waals surface area contributed by atoms with Gasteiger partial charge < -0.3 is 14.8 Å². The van der Waals surface area contributed by atoms with Gasteiger partial charge in [0.2, 0.25) is 0 Å². The fourth-order valence-corrected chi connectivity index (χ4v) is 1.31. The number of hydrogen-bond donors (Lipinski definition) is 1. The van der Waals surface area contributed by atoms with E-state index in [2.05, 4.69) is 11.9 Å². The van der Waals surface area contributed by atoms with Crippen molar-refractivity contribution < 1.29 is 9.47 Å². The van der Waals surface area contributed by atoms with Crippen LogP contribution in [-0.2, 0) is 9.47 Å². The van der Waals surface area contributed by atoms with Gasteiger partial charge in [-0.2, -0.15) is 0 Å². The molecular weight excluding hydrogens is 154 g/mol. The van der Waals surface area contributed by atoms with E-state index >= 15 is 0 Å². The van der Waals surface area contributed by atoms with E-state index < -0.39 is 0 Å². The van der Waals surface area contributed by atoms with Gasteiger partial charge in [-0.1, -0.05) is 6.58 Å². The van der Waals surface area contributed by atoms with Crippen molar-refractivity contribution in [2.75, 3.05) is 26.3 Å². The molecule has 0 aromatic carbocycles. The quantitative estimate of drug-likeness (QED) is 0.493. The summed E-state index contributed by atoms with van der Waals surface area (Å²) in [6.45, 7) is 6.91. The van der Waals surface area contributed by atoms with E-state index in [1.807, 2.05) is 0 Å². The van der Waals surface area contributed by atoms with E-state index in [4.69, 9.17) is 9.47 Å². The Morgan fingerprint density at radius 3 is 2.75 bits per heavy atom. The van der Waals surface area contributed by atoms with E-state index in [1.54, 1.807) is 0 Å². The second-order valence-corrected chi connectivity index (χ2v) is 2.86. The van der Waals surface area contributed by atoms with Crippen LogP contribution in [0.3, 0.4) is 0 Å². The Bertz CT molecular complexity index is 122. The molecule has 1 rings (SSSR count). The third-order valence-corrected chi connectivity index (χ3v) is 1.96. The van der Waals surface area contributed by atoms with Crippen molar-refractivity contribution in [3.63, 3.8) is 0 Å². The molecule has 0 saturated carbocycles. The van der Waals surface area contributed by atoms with Gasteiger partial charge in [-0.05, 0) is 25.9 Å². The molecule has 0 bridgehead atoms. The Morgan fingerprint density at radius 1 is 1.33 bits per heavy atom. The van der Waals surface area contributed by atoms with Gasteiger partial charge in [0.25, 0.3) is 0 Å². The van der Waals surface area contributed by atoms with Crippen molar-refractivity contribution in [1.82, 2.24) is 5.32 Å². The first-order valence-corrected chi connectivity index (χ1v) is 4.48. The molecule has 0 aliphatic carbocycles. The second-order valence-electron chi connectivity index (χ2n) is 2.86. The van der Waals surface area contributed by atoms with Crippen molar-refractivity contribution >= 4 is 0 Å². The maximum Gasteiger partial charge on any atom is 0.111 e. The molecule has 0 aromatic heterocycles. The summed E-state index contributed by atoms with van der Waals surface area (Å²) in [7, 11) is 0. The molecule has 1 aliphatic rings. The summed E-state index contributed by atoms with van der Waals surface area (Å²) in [5.74, 6) is 0. The highest BCUT2D eigenvalue weighted by molar-refractivity contribution is 4.67. The summed E-state index contributed by atoms with van der Waals surface area (Å²) in [5, 5.41) is 3.29. The van der Waals surface area contributed by atoms with Crippen LogP contribution in [-0.4, -0.2) is 32.4 Å². The first kappa shape index (κ1) is 9.55. The molecule has 1 saturated heterocycles. The maximum atomic E-state index is 5.57. The Kier molecular flexibility index (Phi) is 4.80. The van der Waals surface area contributed by atoms with Gasteiger partial charge in [-0.25, -0.2) is 0 Å². The zero-order valence-electron chi connectivity index (χ0n) is 7.42. The second kappa shape index (κ2) is 6.03. The molecule has 70 valence electrons. The van der Waals surface area contributed by atoms with Crippen LogP contribution in [0.2, 0.25) is 0 Å². The Morgan fingerprint density at radius 2 is 2.08 bits per heavy atom. The lowest BCUT2D eigenvalue weighted by Crippen LogP contribution is -2.33. The molecule has 0 spiro atoms. The van der Waals surface area contributed by atoms with Crippen molar-refractivity contribution in [2.24, 2.45) is 0 Å². The summed E-state index contributed by atoms with van der Waals surface area (Å²) < 4.78 is 10.5. The summed E-state index contributed by atoms with van der Waals surface area (Å²) in [6.07, 6.45) is 4.12. The number of ether oxygens (including phenoxy) is 2. The Labute approximate surface area is 73.7 Å². The molecule has 12 heavy (non-hydrogen) atoms. The summed E-state index contributed by atoms with van der Waals surface area (Å²) >= 11 is 0. The van der Waals surface area contributed by atoms with Gasteiger partial charge >= 0.3 is 0 Å². The van der Waals surface area contributed by atoms with Gasteiger partial charge in [0.15, 0.2) is 0 Å². The van der Waals surface area contributed by atoms with Crippen LogP contribution in [0.15, 0.2) is 12.8 Å². The maximum absolute atomic E-state index is 5.57. The predicted molar refractivity (Wildman–Crippen MR) is 48.0 cm³/mol. The number of rotatable bonds is 5. The molecule has 0 amide bonds. The van der Waals surface area contributed by atoms with Crippen molar-refractivity contribution in [3.05, 3.63) is 12.8 Å². The summed E-state index contributed by atoms with van der Waals surface area (Å²) in [4.78, 5) is 0. The van der Waals surface area contributed by atoms with Crippen LogP contribution in [0, 0.1) is 0 Å². The van der Waals surface area contributed by atoms with Crippen molar-refractivity contribution in [1.29, 1.82) is 0 Å². The molecule has 1 fully saturated rings. The van der Waals surface area contributed by atoms with Gasteiger partial charge in [0.05, 0.1) is 19.0 Å². The zero-order valence-corrected chi connectivity index (χ0v) is 7.42. The summed E-state index contributed by atoms with van der Waals surface area (Å²) in [6, 6.07) is 0. The Hall–Kier alpha value is -0.540. The molecular formula is C9H17NO2. The summed E-state index contributed by atoms with van der Waals surface area (Å²) in [5.41, 5.74) is 0. The van der Waals surface area contributed by atoms with Crippen LogP contribution in [0.25, 0.3) is 0 Å². The minimum absolute atomic E-state index is 0.430. The van der Waals surface area contributed by atoms with Gasteiger partial charge in [0.1, 0.15) is 6.61 Å². The first-order chi connectivity index (χ1) is 5.93. The topological polar surface area (TPSA) is 30.5 Å². The first-order valence-electron chi connectivity index (χ1n) is 4.48. The predicted octanol–water partition coefficient (Wildman–Crippen LogP) is 0.915. The van der Waals surface area contributed by atoms with Crippen LogP contribution in [0.1, 0.15) is 12.8 Å². The molecule has 1 heterocycles. The van der Waals surface area contributed by atoms with Gasteiger partial charge in [-0.3, -0.25) is 0 Å². The van der Waals surface area contributed by atoms with E-state index in [-0.39, 0.29) is 0 Å². The minimum atomic E-state index is 0.430. The van der Waals surface area contributed by atoms with Crippen LogP contribution >= 0.6 is 0 Å². The molecule has 0 radical (unpaired) electrons. The standard InChI is InChI=1S/C9H17NO2/c1-2-11-7-8-12-9-3-5-10-6-4-9/h2,9-10H,1,3-8H2. The lowest BCUT2D eigenvalue weighted by molar-refractivity contribution is 0.00976. The number of hydrogen-bond acceptors (Lipinski definition) is 3. The van der Waals surface area contributed by atoms with Crippen LogP contribution in [0.5, 0.6) is 0 Å². The van der Waals surface area contributed by atoms with E-state index in [9.17, 15) is 0 Å². The average Bonchev–Trinajstić information content (AvgIpc) is 2.14. The van der Waals surface area contributed by atoms with E-state index in [0.717, 1.165) is 25.9 Å². The highest BCUT2D eigenvalue weighted by Gasteiger charge is 2.12. The highest BCUT2D eigenvalue weighted by atomic mass is 16.5. The zero-order chi connectivity index (χ0) is 8.65. The minimum Gasteiger partial charge on any atom is -0.499 e.